The van der Waals surface area contributed by atoms with Gasteiger partial charge >= 0.3 is 5.97 Å². The van der Waals surface area contributed by atoms with Gasteiger partial charge in [-0.1, -0.05) is 0 Å². The Morgan fingerprint density at radius 2 is 2.14 bits per heavy atom. The number of amides is 1. The van der Waals surface area contributed by atoms with Crippen molar-refractivity contribution in [1.29, 1.82) is 0 Å². The molecule has 1 aromatic rings. The number of rotatable bonds is 2. The molecule has 3 aliphatic rings. The lowest BCUT2D eigenvalue weighted by molar-refractivity contribution is -0.143. The first-order valence-electron chi connectivity index (χ1n) is 7.78. The van der Waals surface area contributed by atoms with E-state index >= 15 is 0 Å². The van der Waals surface area contributed by atoms with Gasteiger partial charge in [-0.25, -0.2) is 0 Å². The fourth-order valence-electron chi connectivity index (χ4n) is 4.52. The second kappa shape index (κ2) is 4.83. The number of nitrogens with zero attached hydrogens (tertiary/aromatic N) is 1. The molecule has 5 heteroatoms. The van der Waals surface area contributed by atoms with Crippen LogP contribution >= 0.6 is 11.3 Å². The summed E-state index contributed by atoms with van der Waals surface area (Å²) in [6.07, 6.45) is 5.54. The van der Waals surface area contributed by atoms with Crippen molar-refractivity contribution in [3.8, 4) is 0 Å². The number of hydrogen-bond donors (Lipinski definition) is 1. The molecule has 21 heavy (non-hydrogen) atoms. The van der Waals surface area contributed by atoms with E-state index in [0.29, 0.717) is 6.42 Å². The van der Waals surface area contributed by atoms with Crippen LogP contribution in [0.5, 0.6) is 0 Å². The van der Waals surface area contributed by atoms with Crippen LogP contribution in [0.1, 0.15) is 48.5 Å². The molecule has 1 aromatic heterocycles. The average molecular weight is 305 g/mol. The number of hydrogen-bond acceptors (Lipinski definition) is 3. The zero-order valence-electron chi connectivity index (χ0n) is 11.8. The van der Waals surface area contributed by atoms with Crippen LogP contribution < -0.4 is 0 Å². The molecule has 1 amide bonds. The summed E-state index contributed by atoms with van der Waals surface area (Å²) >= 11 is 1.75. The van der Waals surface area contributed by atoms with E-state index in [1.807, 2.05) is 4.90 Å². The van der Waals surface area contributed by atoms with Crippen LogP contribution in [0, 0.1) is 5.92 Å². The van der Waals surface area contributed by atoms with Crippen molar-refractivity contribution in [2.24, 2.45) is 5.92 Å². The van der Waals surface area contributed by atoms with Crippen molar-refractivity contribution in [3.63, 3.8) is 0 Å². The fourth-order valence-corrected chi connectivity index (χ4v) is 5.51. The second-order valence-electron chi connectivity index (χ2n) is 6.47. The molecule has 2 aliphatic heterocycles. The molecule has 4 atom stereocenters. The fraction of sp³-hybridized carbons (Fsp3) is 0.625. The summed E-state index contributed by atoms with van der Waals surface area (Å²) in [7, 11) is 0. The minimum Gasteiger partial charge on any atom is -0.481 e. The summed E-state index contributed by atoms with van der Waals surface area (Å²) in [5.41, 5.74) is 1.20. The number of aliphatic carboxylic acids is 1. The van der Waals surface area contributed by atoms with Crippen LogP contribution in [0.15, 0.2) is 11.4 Å². The van der Waals surface area contributed by atoms with Gasteiger partial charge in [0.15, 0.2) is 0 Å². The smallest absolute Gasteiger partial charge is 0.308 e. The summed E-state index contributed by atoms with van der Waals surface area (Å²) in [6, 6.07) is 2.19. The van der Waals surface area contributed by atoms with Gasteiger partial charge < -0.3 is 10.0 Å². The monoisotopic (exact) mass is 305 g/mol. The maximum Gasteiger partial charge on any atom is 0.308 e. The molecule has 4 nitrogen and oxygen atoms in total. The summed E-state index contributed by atoms with van der Waals surface area (Å²) in [5, 5.41) is 11.4. The van der Waals surface area contributed by atoms with Gasteiger partial charge in [0, 0.05) is 17.0 Å². The molecule has 0 radical (unpaired) electrons. The number of fused-ring (bicyclic) bond motifs is 3. The van der Waals surface area contributed by atoms with E-state index in [0.717, 1.165) is 32.1 Å². The molecule has 2 fully saturated rings. The van der Waals surface area contributed by atoms with E-state index in [1.165, 1.54) is 10.4 Å². The number of aryl methyl sites for hydroxylation is 1. The van der Waals surface area contributed by atoms with Crippen molar-refractivity contribution in [2.75, 3.05) is 0 Å². The third-order valence-electron chi connectivity index (χ3n) is 5.46. The minimum atomic E-state index is -0.736. The molecule has 2 saturated heterocycles. The first kappa shape index (κ1) is 13.3. The highest BCUT2D eigenvalue weighted by Gasteiger charge is 2.52. The van der Waals surface area contributed by atoms with E-state index in [9.17, 15) is 14.7 Å². The number of thiophene rings is 1. The van der Waals surface area contributed by atoms with Crippen LogP contribution in [0.4, 0.5) is 0 Å². The molecule has 0 aromatic carbocycles. The lowest BCUT2D eigenvalue weighted by atomic mass is 9.86. The quantitative estimate of drug-likeness (QED) is 0.914. The summed E-state index contributed by atoms with van der Waals surface area (Å²) in [4.78, 5) is 27.7. The summed E-state index contributed by atoms with van der Waals surface area (Å²) in [5.74, 6) is -0.931. The first-order valence-corrected chi connectivity index (χ1v) is 8.66. The van der Waals surface area contributed by atoms with E-state index in [-0.39, 0.29) is 29.8 Å². The maximum atomic E-state index is 13.0. The van der Waals surface area contributed by atoms with E-state index < -0.39 is 5.97 Å². The lowest BCUT2D eigenvalue weighted by Gasteiger charge is -2.30. The Labute approximate surface area is 127 Å². The lowest BCUT2D eigenvalue weighted by Crippen LogP contribution is -2.41. The number of carboxylic acids is 1. The molecule has 2 bridgehead atoms. The Morgan fingerprint density at radius 1 is 1.29 bits per heavy atom. The Hall–Kier alpha value is -1.36. The van der Waals surface area contributed by atoms with Gasteiger partial charge in [-0.05, 0) is 55.5 Å². The predicted octanol–water partition coefficient (Wildman–Crippen LogP) is 2.63. The Kier molecular flexibility index (Phi) is 3.06. The number of carbonyl (C=O) groups is 2. The zero-order chi connectivity index (χ0) is 14.6. The topological polar surface area (TPSA) is 57.6 Å². The van der Waals surface area contributed by atoms with Crippen LogP contribution in [-0.2, 0) is 16.0 Å². The van der Waals surface area contributed by atoms with Gasteiger partial charge in [-0.3, -0.25) is 9.59 Å². The Morgan fingerprint density at radius 3 is 2.90 bits per heavy atom. The second-order valence-corrected chi connectivity index (χ2v) is 7.47. The highest BCUT2D eigenvalue weighted by Crippen LogP contribution is 2.45. The van der Waals surface area contributed by atoms with Crippen molar-refractivity contribution >= 4 is 23.2 Å². The highest BCUT2D eigenvalue weighted by molar-refractivity contribution is 7.10. The molecule has 112 valence electrons. The molecular weight excluding hydrogens is 286 g/mol. The van der Waals surface area contributed by atoms with Crippen molar-refractivity contribution in [1.82, 2.24) is 4.90 Å². The van der Waals surface area contributed by atoms with Crippen LogP contribution in [0.2, 0.25) is 0 Å². The van der Waals surface area contributed by atoms with Crippen molar-refractivity contribution in [3.05, 3.63) is 21.9 Å². The number of carbonyl (C=O) groups excluding carboxylic acids is 1. The average Bonchev–Trinajstić information content (AvgIpc) is 3.19. The Bertz CT molecular complexity index is 596. The SMILES string of the molecule is O=C(O)C1CC2CCC1N2C(=O)C1CCCc2sccc21. The zero-order valence-corrected chi connectivity index (χ0v) is 12.6. The Balaban J connectivity index is 1.61. The molecule has 0 spiro atoms. The number of carboxylic acid groups (broad SMARTS) is 1. The molecule has 0 saturated carbocycles. The highest BCUT2D eigenvalue weighted by atomic mass is 32.1. The van der Waals surface area contributed by atoms with Crippen LogP contribution in [-0.4, -0.2) is 34.0 Å². The van der Waals surface area contributed by atoms with Gasteiger partial charge in [0.25, 0.3) is 0 Å². The first-order chi connectivity index (χ1) is 10.2. The van der Waals surface area contributed by atoms with Gasteiger partial charge in [0.1, 0.15) is 0 Å². The summed E-state index contributed by atoms with van der Waals surface area (Å²) < 4.78 is 0. The van der Waals surface area contributed by atoms with Gasteiger partial charge in [0.2, 0.25) is 5.91 Å². The third-order valence-corrected chi connectivity index (χ3v) is 6.46. The molecular formula is C16H19NO3S. The van der Waals surface area contributed by atoms with Gasteiger partial charge in [-0.2, -0.15) is 0 Å². The molecule has 3 heterocycles. The van der Waals surface area contributed by atoms with E-state index in [1.54, 1.807) is 11.3 Å². The van der Waals surface area contributed by atoms with E-state index in [2.05, 4.69) is 11.4 Å². The molecule has 1 aliphatic carbocycles. The molecule has 1 N–H and O–H groups in total. The van der Waals surface area contributed by atoms with Crippen molar-refractivity contribution in [2.45, 2.75) is 56.5 Å². The third kappa shape index (κ3) is 1.94. The molecule has 4 unspecified atom stereocenters. The van der Waals surface area contributed by atoms with Crippen LogP contribution in [0.25, 0.3) is 0 Å². The van der Waals surface area contributed by atoms with Crippen LogP contribution in [0.3, 0.4) is 0 Å². The summed E-state index contributed by atoms with van der Waals surface area (Å²) in [6.45, 7) is 0. The molecule has 4 rings (SSSR count). The van der Waals surface area contributed by atoms with Gasteiger partial charge in [0.05, 0.1) is 11.8 Å². The van der Waals surface area contributed by atoms with Crippen molar-refractivity contribution < 1.29 is 14.7 Å². The predicted molar refractivity (Wildman–Crippen MR) is 79.4 cm³/mol. The minimum absolute atomic E-state index is 0.0318. The normalized spacial score (nSPS) is 34.0. The largest absolute Gasteiger partial charge is 0.481 e. The maximum absolute atomic E-state index is 13.0. The standard InChI is InChI=1S/C16H19NO3S/c18-15(11-2-1-3-14-10(11)6-7-21-14)17-9-4-5-13(17)12(8-9)16(19)20/h6-7,9,11-13H,1-5,8H2,(H,19,20). The van der Waals surface area contributed by atoms with Gasteiger partial charge in [-0.15, -0.1) is 11.3 Å². The van der Waals surface area contributed by atoms with E-state index in [4.69, 9.17) is 0 Å².